The third-order valence-corrected chi connectivity index (χ3v) is 5.32. The summed E-state index contributed by atoms with van der Waals surface area (Å²) in [6, 6.07) is 14.3. The molecule has 0 fully saturated rings. The van der Waals surface area contributed by atoms with Gasteiger partial charge in [0.15, 0.2) is 0 Å². The molecule has 2 aromatic carbocycles. The van der Waals surface area contributed by atoms with Crippen molar-refractivity contribution in [3.63, 3.8) is 0 Å². The van der Waals surface area contributed by atoms with Gasteiger partial charge < -0.3 is 10.0 Å². The molecule has 3 rings (SSSR count). The number of fused-ring (bicyclic) bond motifs is 1. The highest BCUT2D eigenvalue weighted by Crippen LogP contribution is 2.38. The summed E-state index contributed by atoms with van der Waals surface area (Å²) in [5, 5.41) is 12.4. The Balaban J connectivity index is 2.32. The van der Waals surface area contributed by atoms with E-state index in [-0.39, 0.29) is 0 Å². The van der Waals surface area contributed by atoms with Crippen LogP contribution < -0.4 is 4.90 Å². The lowest BCUT2D eigenvalue weighted by Crippen LogP contribution is -2.26. The number of pyridine rings is 1. The molecule has 1 heterocycles. The van der Waals surface area contributed by atoms with E-state index in [2.05, 4.69) is 56.9 Å². The van der Waals surface area contributed by atoms with Crippen LogP contribution in [0, 0.1) is 0 Å². The summed E-state index contributed by atoms with van der Waals surface area (Å²) in [4.78, 5) is 7.70. The SMILES string of the molecule is CCCN(CCC)c1c(CC)nc(-c2ccc(O)cc2CC)c2ccccc12. The highest BCUT2D eigenvalue weighted by molar-refractivity contribution is 6.03. The standard InChI is InChI=1S/C25H32N2O/c1-5-15-27(16-6-2)25-22-12-10-9-11-21(22)24(26-23(25)8-4)20-14-13-19(28)17-18(20)7-3/h9-14,17,28H,5-8,15-16H2,1-4H3. The van der Waals surface area contributed by atoms with Gasteiger partial charge >= 0.3 is 0 Å². The van der Waals surface area contributed by atoms with Gasteiger partial charge in [-0.05, 0) is 49.4 Å². The quantitative estimate of drug-likeness (QED) is 0.497. The van der Waals surface area contributed by atoms with E-state index in [9.17, 15) is 5.11 Å². The highest BCUT2D eigenvalue weighted by Gasteiger charge is 2.19. The number of phenols is 1. The summed E-state index contributed by atoms with van der Waals surface area (Å²) in [5.74, 6) is 0.314. The van der Waals surface area contributed by atoms with Gasteiger partial charge in [-0.2, -0.15) is 0 Å². The minimum absolute atomic E-state index is 0.314. The highest BCUT2D eigenvalue weighted by atomic mass is 16.3. The van der Waals surface area contributed by atoms with Crippen molar-refractivity contribution in [1.29, 1.82) is 0 Å². The number of aromatic hydroxyl groups is 1. The van der Waals surface area contributed by atoms with Crippen LogP contribution in [0.4, 0.5) is 5.69 Å². The molecule has 0 bridgehead atoms. The average molecular weight is 377 g/mol. The molecule has 0 amide bonds. The van der Waals surface area contributed by atoms with Gasteiger partial charge in [0.1, 0.15) is 5.75 Å². The van der Waals surface area contributed by atoms with Crippen LogP contribution in [0.1, 0.15) is 51.8 Å². The molecule has 0 radical (unpaired) electrons. The third kappa shape index (κ3) is 3.84. The molecule has 1 aromatic heterocycles. The fraction of sp³-hybridized carbons (Fsp3) is 0.400. The van der Waals surface area contributed by atoms with E-state index in [1.165, 1.54) is 16.5 Å². The smallest absolute Gasteiger partial charge is 0.115 e. The number of aromatic nitrogens is 1. The molecule has 0 unspecified atom stereocenters. The van der Waals surface area contributed by atoms with Gasteiger partial charge in [0.2, 0.25) is 0 Å². The second-order valence-electron chi connectivity index (χ2n) is 7.34. The van der Waals surface area contributed by atoms with Crippen molar-refractivity contribution in [1.82, 2.24) is 4.98 Å². The summed E-state index contributed by atoms with van der Waals surface area (Å²) in [6.07, 6.45) is 4.01. The van der Waals surface area contributed by atoms with Crippen LogP contribution in [0.15, 0.2) is 42.5 Å². The minimum atomic E-state index is 0.314. The monoisotopic (exact) mass is 376 g/mol. The zero-order valence-electron chi connectivity index (χ0n) is 17.6. The van der Waals surface area contributed by atoms with Crippen molar-refractivity contribution in [2.24, 2.45) is 0 Å². The van der Waals surface area contributed by atoms with Crippen molar-refractivity contribution in [2.45, 2.75) is 53.4 Å². The Morgan fingerprint density at radius 2 is 1.54 bits per heavy atom. The molecule has 3 nitrogen and oxygen atoms in total. The molecule has 0 spiro atoms. The van der Waals surface area contributed by atoms with E-state index in [0.717, 1.165) is 61.3 Å². The number of nitrogens with zero attached hydrogens (tertiary/aromatic N) is 2. The molecule has 0 atom stereocenters. The number of rotatable bonds is 8. The summed E-state index contributed by atoms with van der Waals surface area (Å²) < 4.78 is 0. The fourth-order valence-corrected chi connectivity index (χ4v) is 4.08. The van der Waals surface area contributed by atoms with E-state index in [0.29, 0.717) is 5.75 Å². The molecule has 3 heteroatoms. The van der Waals surface area contributed by atoms with Gasteiger partial charge in [-0.1, -0.05) is 52.0 Å². The molecular weight excluding hydrogens is 344 g/mol. The fourth-order valence-electron chi connectivity index (χ4n) is 4.08. The Kier molecular flexibility index (Phi) is 6.56. The van der Waals surface area contributed by atoms with Crippen LogP contribution >= 0.6 is 0 Å². The summed E-state index contributed by atoms with van der Waals surface area (Å²) in [6.45, 7) is 10.9. The van der Waals surface area contributed by atoms with Gasteiger partial charge in [0.05, 0.1) is 17.1 Å². The predicted octanol–water partition coefficient (Wildman–Crippen LogP) is 6.36. The van der Waals surface area contributed by atoms with Crippen LogP contribution in [0.2, 0.25) is 0 Å². The normalized spacial score (nSPS) is 11.1. The first kappa shape index (κ1) is 20.2. The Bertz CT molecular complexity index is 943. The van der Waals surface area contributed by atoms with E-state index in [1.54, 1.807) is 6.07 Å². The Labute approximate surface area is 169 Å². The lowest BCUT2D eigenvalue weighted by Gasteiger charge is -2.28. The molecule has 0 saturated heterocycles. The minimum Gasteiger partial charge on any atom is -0.508 e. The topological polar surface area (TPSA) is 36.4 Å². The number of anilines is 1. The lowest BCUT2D eigenvalue weighted by atomic mass is 9.95. The first-order valence-corrected chi connectivity index (χ1v) is 10.6. The number of phenolic OH excluding ortho intramolecular Hbond substituents is 1. The zero-order chi connectivity index (χ0) is 20.1. The molecule has 28 heavy (non-hydrogen) atoms. The Morgan fingerprint density at radius 1 is 0.857 bits per heavy atom. The molecule has 0 saturated carbocycles. The molecule has 3 aromatic rings. The van der Waals surface area contributed by atoms with Gasteiger partial charge in [0, 0.05) is 29.4 Å². The molecule has 0 aliphatic carbocycles. The number of aryl methyl sites for hydroxylation is 2. The van der Waals surface area contributed by atoms with Gasteiger partial charge in [0.25, 0.3) is 0 Å². The van der Waals surface area contributed by atoms with Crippen molar-refractivity contribution < 1.29 is 5.11 Å². The molecule has 0 aliphatic heterocycles. The van der Waals surface area contributed by atoms with Crippen molar-refractivity contribution in [3.05, 3.63) is 53.7 Å². The number of hydrogen-bond donors (Lipinski definition) is 1. The first-order valence-electron chi connectivity index (χ1n) is 10.6. The summed E-state index contributed by atoms with van der Waals surface area (Å²) in [5.41, 5.74) is 5.73. The second-order valence-corrected chi connectivity index (χ2v) is 7.34. The number of hydrogen-bond acceptors (Lipinski definition) is 3. The maximum atomic E-state index is 9.94. The number of benzene rings is 2. The van der Waals surface area contributed by atoms with E-state index in [1.807, 2.05) is 12.1 Å². The zero-order valence-corrected chi connectivity index (χ0v) is 17.6. The molecule has 0 aliphatic rings. The van der Waals surface area contributed by atoms with Crippen molar-refractivity contribution in [3.8, 4) is 17.0 Å². The maximum Gasteiger partial charge on any atom is 0.115 e. The van der Waals surface area contributed by atoms with Crippen LogP contribution in [0.5, 0.6) is 5.75 Å². The van der Waals surface area contributed by atoms with Gasteiger partial charge in [-0.25, -0.2) is 4.98 Å². The third-order valence-electron chi connectivity index (χ3n) is 5.32. The van der Waals surface area contributed by atoms with Gasteiger partial charge in [-0.3, -0.25) is 0 Å². The summed E-state index contributed by atoms with van der Waals surface area (Å²) >= 11 is 0. The maximum absolute atomic E-state index is 9.94. The molecule has 1 N–H and O–H groups in total. The molecular formula is C25H32N2O. The van der Waals surface area contributed by atoms with Crippen LogP contribution in [-0.4, -0.2) is 23.2 Å². The first-order chi connectivity index (χ1) is 13.6. The van der Waals surface area contributed by atoms with Crippen molar-refractivity contribution >= 4 is 16.5 Å². The van der Waals surface area contributed by atoms with Crippen LogP contribution in [0.3, 0.4) is 0 Å². The van der Waals surface area contributed by atoms with Crippen molar-refractivity contribution in [2.75, 3.05) is 18.0 Å². The van der Waals surface area contributed by atoms with Crippen LogP contribution in [0.25, 0.3) is 22.0 Å². The van der Waals surface area contributed by atoms with E-state index >= 15 is 0 Å². The van der Waals surface area contributed by atoms with Gasteiger partial charge in [-0.15, -0.1) is 0 Å². The second kappa shape index (κ2) is 9.09. The predicted molar refractivity (Wildman–Crippen MR) is 120 cm³/mol. The van der Waals surface area contributed by atoms with E-state index in [4.69, 9.17) is 4.98 Å². The van der Waals surface area contributed by atoms with Crippen LogP contribution in [-0.2, 0) is 12.8 Å². The van der Waals surface area contributed by atoms with E-state index < -0.39 is 0 Å². The molecule has 148 valence electrons. The lowest BCUT2D eigenvalue weighted by molar-refractivity contribution is 0.474. The largest absolute Gasteiger partial charge is 0.508 e. The Hall–Kier alpha value is -2.55. The average Bonchev–Trinajstić information content (AvgIpc) is 2.72. The Morgan fingerprint density at radius 3 is 2.14 bits per heavy atom. The summed E-state index contributed by atoms with van der Waals surface area (Å²) in [7, 11) is 0.